The second-order valence-electron chi connectivity index (χ2n) is 5.03. The van der Waals surface area contributed by atoms with Gasteiger partial charge in [0, 0.05) is 11.4 Å². The molecule has 2 unspecified atom stereocenters. The molecular weight excluding hydrogens is 276 g/mol. The van der Waals surface area contributed by atoms with Gasteiger partial charge in [-0.3, -0.25) is 4.79 Å². The van der Waals surface area contributed by atoms with E-state index < -0.39 is 11.9 Å². The number of urea groups is 1. The Bertz CT molecular complexity index is 432. The largest absolute Gasteiger partial charge is 0.481 e. The van der Waals surface area contributed by atoms with E-state index in [1.165, 1.54) is 0 Å². The molecule has 0 bridgehead atoms. The van der Waals surface area contributed by atoms with Crippen LogP contribution in [0.25, 0.3) is 0 Å². The highest BCUT2D eigenvalue weighted by Gasteiger charge is 2.20. The Balaban J connectivity index is 2.53. The van der Waals surface area contributed by atoms with E-state index in [9.17, 15) is 9.59 Å². The third-order valence-corrected chi connectivity index (χ3v) is 4.11. The Morgan fingerprint density at radius 3 is 2.55 bits per heavy atom. The molecule has 0 spiro atoms. The molecule has 3 N–H and O–H groups in total. The molecule has 0 aliphatic rings. The molecule has 1 aromatic heterocycles. The number of amides is 2. The number of carbonyl (C=O) groups is 2. The van der Waals surface area contributed by atoms with Crippen LogP contribution >= 0.6 is 11.3 Å². The molecular formula is C14H22N2O3S. The van der Waals surface area contributed by atoms with E-state index in [-0.39, 0.29) is 24.5 Å². The number of carboxylic acids is 1. The Morgan fingerprint density at radius 1 is 1.40 bits per heavy atom. The number of thiophene rings is 1. The average Bonchev–Trinajstić information content (AvgIpc) is 2.89. The van der Waals surface area contributed by atoms with E-state index in [0.717, 1.165) is 4.88 Å². The molecule has 5 nitrogen and oxygen atoms in total. The van der Waals surface area contributed by atoms with Crippen LogP contribution < -0.4 is 10.6 Å². The predicted molar refractivity (Wildman–Crippen MR) is 79.8 cm³/mol. The van der Waals surface area contributed by atoms with Crippen molar-refractivity contribution >= 4 is 23.3 Å². The van der Waals surface area contributed by atoms with E-state index in [1.807, 2.05) is 31.4 Å². The fourth-order valence-electron chi connectivity index (χ4n) is 1.85. The van der Waals surface area contributed by atoms with Gasteiger partial charge in [-0.15, -0.1) is 11.3 Å². The van der Waals surface area contributed by atoms with Gasteiger partial charge in [-0.25, -0.2) is 4.79 Å². The second kappa shape index (κ2) is 7.89. The number of nitrogens with one attached hydrogen (secondary N) is 2. The molecule has 1 aromatic rings. The Kier molecular flexibility index (Phi) is 6.51. The summed E-state index contributed by atoms with van der Waals surface area (Å²) in [6, 6.07) is 3.56. The highest BCUT2D eigenvalue weighted by atomic mass is 32.1. The van der Waals surface area contributed by atoms with Crippen molar-refractivity contribution in [2.24, 2.45) is 11.8 Å². The summed E-state index contributed by atoms with van der Waals surface area (Å²) in [6.07, 6.45) is 0.494. The van der Waals surface area contributed by atoms with Gasteiger partial charge in [0.25, 0.3) is 0 Å². The first-order chi connectivity index (χ1) is 9.45. The van der Waals surface area contributed by atoms with Crippen molar-refractivity contribution in [1.29, 1.82) is 0 Å². The fourth-order valence-corrected chi connectivity index (χ4v) is 2.80. The summed E-state index contributed by atoms with van der Waals surface area (Å²) >= 11 is 1.60. The van der Waals surface area contributed by atoms with Crippen LogP contribution in [-0.2, 0) is 4.79 Å². The van der Waals surface area contributed by atoms with Gasteiger partial charge < -0.3 is 15.7 Å². The van der Waals surface area contributed by atoms with Crippen LogP contribution in [0.15, 0.2) is 17.5 Å². The van der Waals surface area contributed by atoms with Crippen molar-refractivity contribution < 1.29 is 14.7 Å². The molecule has 112 valence electrons. The molecule has 6 heteroatoms. The van der Waals surface area contributed by atoms with Gasteiger partial charge in [-0.2, -0.15) is 0 Å². The van der Waals surface area contributed by atoms with E-state index in [2.05, 4.69) is 10.6 Å². The smallest absolute Gasteiger partial charge is 0.315 e. The van der Waals surface area contributed by atoms with Gasteiger partial charge >= 0.3 is 12.0 Å². The lowest BCUT2D eigenvalue weighted by Crippen LogP contribution is -2.42. The lowest BCUT2D eigenvalue weighted by molar-refractivity contribution is -0.141. The highest BCUT2D eigenvalue weighted by Crippen LogP contribution is 2.25. The molecule has 0 saturated heterocycles. The van der Waals surface area contributed by atoms with Gasteiger partial charge in [0.05, 0.1) is 12.0 Å². The molecule has 20 heavy (non-hydrogen) atoms. The predicted octanol–water partition coefficient (Wildman–Crippen LogP) is 2.86. The number of aliphatic carboxylic acids is 1. The van der Waals surface area contributed by atoms with Crippen LogP contribution in [0, 0.1) is 11.8 Å². The standard InChI is InChI=1S/C14H22N2O3S/c1-4-10(13(17)18)8-15-14(19)16-12(9(2)3)11-6-5-7-20-11/h5-7,9-10,12H,4,8H2,1-3H3,(H,17,18)(H2,15,16,19). The highest BCUT2D eigenvalue weighted by molar-refractivity contribution is 7.10. The summed E-state index contributed by atoms with van der Waals surface area (Å²) in [5, 5.41) is 16.5. The summed E-state index contributed by atoms with van der Waals surface area (Å²) < 4.78 is 0. The first-order valence-electron chi connectivity index (χ1n) is 6.76. The molecule has 2 amide bonds. The zero-order chi connectivity index (χ0) is 15.1. The number of carbonyl (C=O) groups excluding carboxylic acids is 1. The number of rotatable bonds is 7. The van der Waals surface area contributed by atoms with Crippen LogP contribution in [0.4, 0.5) is 4.79 Å². The lowest BCUT2D eigenvalue weighted by atomic mass is 10.0. The Labute approximate surface area is 123 Å². The maximum atomic E-state index is 11.9. The third kappa shape index (κ3) is 4.85. The van der Waals surface area contributed by atoms with Crippen LogP contribution in [0.3, 0.4) is 0 Å². The van der Waals surface area contributed by atoms with Crippen LogP contribution in [0.2, 0.25) is 0 Å². The molecule has 0 aliphatic heterocycles. The Hall–Kier alpha value is -1.56. The van der Waals surface area contributed by atoms with Crippen LogP contribution in [-0.4, -0.2) is 23.7 Å². The molecule has 0 radical (unpaired) electrons. The maximum Gasteiger partial charge on any atom is 0.315 e. The van der Waals surface area contributed by atoms with Gasteiger partial charge in [0.2, 0.25) is 0 Å². The molecule has 0 saturated carbocycles. The van der Waals surface area contributed by atoms with Gasteiger partial charge in [-0.1, -0.05) is 26.8 Å². The van der Waals surface area contributed by atoms with Crippen LogP contribution in [0.1, 0.15) is 38.1 Å². The fraction of sp³-hybridized carbons (Fsp3) is 0.571. The maximum absolute atomic E-state index is 11.9. The normalized spacial score (nSPS) is 13.8. The minimum atomic E-state index is -0.883. The van der Waals surface area contributed by atoms with E-state index >= 15 is 0 Å². The minimum absolute atomic E-state index is 0.0556. The first kappa shape index (κ1) is 16.5. The first-order valence-corrected chi connectivity index (χ1v) is 7.64. The number of hydrogen-bond acceptors (Lipinski definition) is 3. The monoisotopic (exact) mass is 298 g/mol. The summed E-state index contributed by atoms with van der Waals surface area (Å²) in [7, 11) is 0. The van der Waals surface area contributed by atoms with Crippen molar-refractivity contribution in [3.8, 4) is 0 Å². The molecule has 2 atom stereocenters. The second-order valence-corrected chi connectivity index (χ2v) is 6.01. The zero-order valence-corrected chi connectivity index (χ0v) is 12.9. The summed E-state index contributed by atoms with van der Waals surface area (Å²) in [4.78, 5) is 23.9. The van der Waals surface area contributed by atoms with Crippen molar-refractivity contribution in [1.82, 2.24) is 10.6 Å². The number of carboxylic acid groups (broad SMARTS) is 1. The SMILES string of the molecule is CCC(CNC(=O)NC(c1cccs1)C(C)C)C(=O)O. The van der Waals surface area contributed by atoms with E-state index in [4.69, 9.17) is 5.11 Å². The minimum Gasteiger partial charge on any atom is -0.481 e. The number of hydrogen-bond donors (Lipinski definition) is 3. The molecule has 0 aromatic carbocycles. The average molecular weight is 298 g/mol. The Morgan fingerprint density at radius 2 is 2.10 bits per heavy atom. The zero-order valence-electron chi connectivity index (χ0n) is 12.1. The summed E-state index contributed by atoms with van der Waals surface area (Å²) in [5.41, 5.74) is 0. The van der Waals surface area contributed by atoms with E-state index in [1.54, 1.807) is 18.3 Å². The third-order valence-electron chi connectivity index (χ3n) is 3.15. The van der Waals surface area contributed by atoms with Gasteiger partial charge in [0.1, 0.15) is 0 Å². The van der Waals surface area contributed by atoms with Crippen molar-refractivity contribution in [2.75, 3.05) is 6.54 Å². The molecule has 1 rings (SSSR count). The summed E-state index contributed by atoms with van der Waals surface area (Å²) in [6.45, 7) is 6.02. The topological polar surface area (TPSA) is 78.4 Å². The lowest BCUT2D eigenvalue weighted by Gasteiger charge is -2.22. The van der Waals surface area contributed by atoms with Gasteiger partial charge in [0.15, 0.2) is 0 Å². The van der Waals surface area contributed by atoms with Crippen molar-refractivity contribution in [2.45, 2.75) is 33.2 Å². The van der Waals surface area contributed by atoms with Crippen molar-refractivity contribution in [3.05, 3.63) is 22.4 Å². The quantitative estimate of drug-likeness (QED) is 0.724. The van der Waals surface area contributed by atoms with Crippen LogP contribution in [0.5, 0.6) is 0 Å². The van der Waals surface area contributed by atoms with Gasteiger partial charge in [-0.05, 0) is 23.8 Å². The summed E-state index contributed by atoms with van der Waals surface area (Å²) in [5.74, 6) is -1.16. The molecule has 0 aliphatic carbocycles. The molecule has 0 fully saturated rings. The molecule has 1 heterocycles. The van der Waals surface area contributed by atoms with E-state index in [0.29, 0.717) is 6.42 Å². The van der Waals surface area contributed by atoms with Crippen molar-refractivity contribution in [3.63, 3.8) is 0 Å².